The number of rotatable bonds is 6. The summed E-state index contributed by atoms with van der Waals surface area (Å²) in [7, 11) is 0. The van der Waals surface area contributed by atoms with Crippen LogP contribution in [0.4, 0.5) is 0 Å². The van der Waals surface area contributed by atoms with Crippen molar-refractivity contribution in [2.45, 2.75) is 19.8 Å². The maximum absolute atomic E-state index is 11.0. The molecule has 0 aromatic heterocycles. The summed E-state index contributed by atoms with van der Waals surface area (Å²) < 4.78 is 4.49. The minimum absolute atomic E-state index is 0.0835. The van der Waals surface area contributed by atoms with Crippen LogP contribution in [-0.2, 0) is 28.9 Å². The van der Waals surface area contributed by atoms with Crippen molar-refractivity contribution >= 4 is 17.9 Å². The summed E-state index contributed by atoms with van der Waals surface area (Å²) in [6.07, 6.45) is -0.503. The van der Waals surface area contributed by atoms with Crippen molar-refractivity contribution in [3.8, 4) is 0 Å². The van der Waals surface area contributed by atoms with Crippen LogP contribution >= 0.6 is 0 Å². The predicted molar refractivity (Wildman–Crippen MR) is 54.3 cm³/mol. The van der Waals surface area contributed by atoms with Crippen LogP contribution in [0, 0.1) is 0 Å². The summed E-state index contributed by atoms with van der Waals surface area (Å²) in [5.41, 5.74) is 0.0835. The van der Waals surface area contributed by atoms with Crippen molar-refractivity contribution in [2.24, 2.45) is 0 Å². The van der Waals surface area contributed by atoms with Crippen LogP contribution in [0.5, 0.6) is 0 Å². The second-order valence-corrected chi connectivity index (χ2v) is 3.05. The Bertz CT molecular complexity index is 308. The molecule has 0 aliphatic carbocycles. The van der Waals surface area contributed by atoms with Crippen molar-refractivity contribution in [2.75, 3.05) is 13.2 Å². The van der Waals surface area contributed by atoms with Gasteiger partial charge in [0, 0.05) is 5.57 Å². The maximum Gasteiger partial charge on any atom is 0.381 e. The van der Waals surface area contributed by atoms with Gasteiger partial charge in [-0.3, -0.25) is 4.79 Å². The van der Waals surface area contributed by atoms with Gasteiger partial charge in [0.2, 0.25) is 0 Å². The fraction of sp³-hybridized carbons (Fsp3) is 0.500. The lowest BCUT2D eigenvalue weighted by atomic mass is 10.3. The molecule has 0 unspecified atom stereocenters. The van der Waals surface area contributed by atoms with Gasteiger partial charge in [-0.05, 0) is 6.92 Å². The highest BCUT2D eigenvalue weighted by atomic mass is 17.2. The molecule has 17 heavy (non-hydrogen) atoms. The Morgan fingerprint density at radius 1 is 1.12 bits per heavy atom. The first-order valence-corrected chi connectivity index (χ1v) is 4.81. The standard InChI is InChI=1S/C10H14O7/c1-7(2)10(14)17-16-9(13)4-3-8(12)15-6-5-11/h11H,1,3-6H2,2H3. The van der Waals surface area contributed by atoms with E-state index < -0.39 is 17.9 Å². The first-order valence-electron chi connectivity index (χ1n) is 4.81. The van der Waals surface area contributed by atoms with Crippen LogP contribution in [0.25, 0.3) is 0 Å². The summed E-state index contributed by atoms with van der Waals surface area (Å²) in [6, 6.07) is 0. The molecule has 0 amide bonds. The van der Waals surface area contributed by atoms with Crippen LogP contribution in [0.2, 0.25) is 0 Å². The first kappa shape index (κ1) is 15.1. The fourth-order valence-corrected chi connectivity index (χ4v) is 0.633. The number of aliphatic hydroxyl groups is 1. The molecule has 1 N–H and O–H groups in total. The van der Waals surface area contributed by atoms with Crippen LogP contribution in [-0.4, -0.2) is 36.2 Å². The highest BCUT2D eigenvalue weighted by Crippen LogP contribution is 1.99. The lowest BCUT2D eigenvalue weighted by Crippen LogP contribution is -2.14. The van der Waals surface area contributed by atoms with E-state index in [-0.39, 0.29) is 31.6 Å². The highest BCUT2D eigenvalue weighted by Gasteiger charge is 2.12. The lowest BCUT2D eigenvalue weighted by molar-refractivity contribution is -0.255. The first-order chi connectivity index (χ1) is 7.97. The van der Waals surface area contributed by atoms with Gasteiger partial charge in [0.05, 0.1) is 19.4 Å². The van der Waals surface area contributed by atoms with Gasteiger partial charge in [0.1, 0.15) is 6.61 Å². The van der Waals surface area contributed by atoms with E-state index in [0.717, 1.165) is 0 Å². The number of aliphatic hydroxyl groups excluding tert-OH is 1. The summed E-state index contributed by atoms with van der Waals surface area (Å²) in [5.74, 6) is -2.39. The van der Waals surface area contributed by atoms with Crippen molar-refractivity contribution in [1.29, 1.82) is 0 Å². The molecule has 0 aromatic rings. The minimum Gasteiger partial charge on any atom is -0.463 e. The van der Waals surface area contributed by atoms with Crippen LogP contribution in [0.15, 0.2) is 12.2 Å². The summed E-state index contributed by atoms with van der Waals surface area (Å²) >= 11 is 0. The number of hydrogen-bond acceptors (Lipinski definition) is 7. The molecule has 7 heteroatoms. The third kappa shape index (κ3) is 7.97. The molecule has 0 bridgehead atoms. The van der Waals surface area contributed by atoms with Gasteiger partial charge in [-0.1, -0.05) is 6.58 Å². The molecule has 0 aromatic carbocycles. The van der Waals surface area contributed by atoms with Crippen LogP contribution in [0.1, 0.15) is 19.8 Å². The third-order valence-corrected chi connectivity index (χ3v) is 1.45. The van der Waals surface area contributed by atoms with Gasteiger partial charge >= 0.3 is 17.9 Å². The number of carbonyl (C=O) groups is 3. The normalized spacial score (nSPS) is 9.29. The number of ether oxygens (including phenoxy) is 1. The summed E-state index contributed by atoms with van der Waals surface area (Å²) in [5, 5.41) is 8.36. The van der Waals surface area contributed by atoms with Gasteiger partial charge < -0.3 is 9.84 Å². The van der Waals surface area contributed by atoms with E-state index in [0.29, 0.717) is 0 Å². The minimum atomic E-state index is -0.874. The van der Waals surface area contributed by atoms with E-state index in [2.05, 4.69) is 21.1 Å². The molecule has 0 heterocycles. The quantitative estimate of drug-likeness (QED) is 0.302. The highest BCUT2D eigenvalue weighted by molar-refractivity contribution is 5.87. The Morgan fingerprint density at radius 3 is 2.24 bits per heavy atom. The smallest absolute Gasteiger partial charge is 0.381 e. The van der Waals surface area contributed by atoms with Gasteiger partial charge in [0.15, 0.2) is 0 Å². The third-order valence-electron chi connectivity index (χ3n) is 1.45. The number of carbonyl (C=O) groups excluding carboxylic acids is 3. The lowest BCUT2D eigenvalue weighted by Gasteiger charge is -2.03. The molecular formula is C10H14O7. The molecule has 0 rings (SSSR count). The zero-order valence-electron chi connectivity index (χ0n) is 9.43. The molecule has 0 aliphatic heterocycles. The topological polar surface area (TPSA) is 99.1 Å². The van der Waals surface area contributed by atoms with Gasteiger partial charge in [-0.15, -0.1) is 0 Å². The van der Waals surface area contributed by atoms with E-state index in [1.165, 1.54) is 6.92 Å². The Balaban J connectivity index is 3.69. The van der Waals surface area contributed by atoms with Gasteiger partial charge in [-0.2, -0.15) is 0 Å². The molecule has 0 saturated heterocycles. The monoisotopic (exact) mass is 246 g/mol. The van der Waals surface area contributed by atoms with Crippen molar-refractivity contribution in [3.05, 3.63) is 12.2 Å². The maximum atomic E-state index is 11.0. The Kier molecular flexibility index (Phi) is 7.36. The Hall–Kier alpha value is -1.89. The van der Waals surface area contributed by atoms with E-state index in [4.69, 9.17) is 5.11 Å². The fourth-order valence-electron chi connectivity index (χ4n) is 0.633. The molecule has 0 spiro atoms. The zero-order valence-corrected chi connectivity index (χ0v) is 9.43. The molecule has 0 radical (unpaired) electrons. The second-order valence-electron chi connectivity index (χ2n) is 3.05. The molecular weight excluding hydrogens is 232 g/mol. The van der Waals surface area contributed by atoms with E-state index in [9.17, 15) is 14.4 Å². The van der Waals surface area contributed by atoms with E-state index in [1.807, 2.05) is 0 Å². The molecule has 0 fully saturated rings. The van der Waals surface area contributed by atoms with E-state index in [1.54, 1.807) is 0 Å². The predicted octanol–water partition coefficient (Wildman–Crippen LogP) is -0.120. The zero-order chi connectivity index (χ0) is 13.3. The molecule has 96 valence electrons. The van der Waals surface area contributed by atoms with E-state index >= 15 is 0 Å². The Labute approximate surface area is 97.9 Å². The molecule has 7 nitrogen and oxygen atoms in total. The molecule has 0 saturated carbocycles. The molecule has 0 atom stereocenters. The average molecular weight is 246 g/mol. The largest absolute Gasteiger partial charge is 0.463 e. The van der Waals surface area contributed by atoms with Crippen LogP contribution < -0.4 is 0 Å². The van der Waals surface area contributed by atoms with Crippen molar-refractivity contribution in [3.63, 3.8) is 0 Å². The average Bonchev–Trinajstić information content (AvgIpc) is 2.30. The van der Waals surface area contributed by atoms with Crippen molar-refractivity contribution < 1.29 is 34.0 Å². The number of hydrogen-bond donors (Lipinski definition) is 1. The summed E-state index contributed by atoms with van der Waals surface area (Å²) in [6.45, 7) is 4.26. The number of esters is 1. The van der Waals surface area contributed by atoms with Crippen LogP contribution in [0.3, 0.4) is 0 Å². The van der Waals surface area contributed by atoms with Gasteiger partial charge in [0.25, 0.3) is 0 Å². The Morgan fingerprint density at radius 2 is 1.71 bits per heavy atom. The SMILES string of the molecule is C=C(C)C(=O)OOC(=O)CCC(=O)OCCO. The second kappa shape index (κ2) is 8.28. The summed E-state index contributed by atoms with van der Waals surface area (Å²) in [4.78, 5) is 40.9. The van der Waals surface area contributed by atoms with Gasteiger partial charge in [-0.25, -0.2) is 19.4 Å². The molecule has 0 aliphatic rings. The van der Waals surface area contributed by atoms with Crippen molar-refractivity contribution in [1.82, 2.24) is 0 Å².